The zero-order valence-corrected chi connectivity index (χ0v) is 24.4. The number of esters is 1. The van der Waals surface area contributed by atoms with Crippen molar-refractivity contribution in [1.82, 2.24) is 5.16 Å². The van der Waals surface area contributed by atoms with Crippen LogP contribution in [-0.4, -0.2) is 35.2 Å². The van der Waals surface area contributed by atoms with Gasteiger partial charge in [-0.1, -0.05) is 59.2 Å². The van der Waals surface area contributed by atoms with Crippen LogP contribution in [0.15, 0.2) is 22.4 Å². The molecule has 0 amide bonds. The van der Waals surface area contributed by atoms with Crippen LogP contribution in [0.25, 0.3) is 0 Å². The number of fused-ring (bicyclic) bond motifs is 8. The van der Waals surface area contributed by atoms with Crippen molar-refractivity contribution >= 4 is 11.8 Å². The van der Waals surface area contributed by atoms with Gasteiger partial charge >= 0.3 is 5.97 Å². The van der Waals surface area contributed by atoms with Crippen LogP contribution in [-0.2, 0) is 26.2 Å². The van der Waals surface area contributed by atoms with Crippen molar-refractivity contribution in [2.24, 2.45) is 44.8 Å². The minimum atomic E-state index is -0.601. The molecule has 3 saturated carbocycles. The maximum Gasteiger partial charge on any atom is 0.312 e. The molecule has 38 heavy (non-hydrogen) atoms. The zero-order chi connectivity index (χ0) is 27.7. The molecule has 1 aromatic rings. The minimum Gasteiger partial charge on any atom is -0.469 e. The predicted octanol–water partition coefficient (Wildman–Crippen LogP) is 5.81. The van der Waals surface area contributed by atoms with Crippen molar-refractivity contribution in [1.29, 1.82) is 0 Å². The summed E-state index contributed by atoms with van der Waals surface area (Å²) in [4.78, 5) is 27.9. The van der Waals surface area contributed by atoms with E-state index < -0.39 is 22.3 Å². The summed E-state index contributed by atoms with van der Waals surface area (Å²) in [5, 5.41) is 16.1. The van der Waals surface area contributed by atoms with Gasteiger partial charge in [0.15, 0.2) is 5.78 Å². The standard InChI is InChI=1S/C32H45NO5/c1-27(2)9-11-32(26(36)37-8)12-10-30(6)23(19(32)15-27)20(34)13-22-29(5)14-18-17-33-38-25(18)28(3,4)24(29)21(35)16-31(22,30)7/h13,17,19,21,23-24,35H,9-12,14-16H2,1-8H3/t19-,21+,23-,24-,29+,30+,31+,32-/m0/s1. The number of ketones is 1. The molecule has 0 spiro atoms. The van der Waals surface area contributed by atoms with Crippen LogP contribution in [0.2, 0.25) is 0 Å². The fourth-order valence-electron chi connectivity index (χ4n) is 11.1. The summed E-state index contributed by atoms with van der Waals surface area (Å²) in [5.74, 6) is 0.473. The van der Waals surface area contributed by atoms with Crippen LogP contribution < -0.4 is 0 Å². The highest BCUT2D eigenvalue weighted by Crippen LogP contribution is 2.74. The predicted molar refractivity (Wildman–Crippen MR) is 143 cm³/mol. The van der Waals surface area contributed by atoms with Gasteiger partial charge in [-0.2, -0.15) is 0 Å². The van der Waals surface area contributed by atoms with Gasteiger partial charge in [0, 0.05) is 22.8 Å². The van der Waals surface area contributed by atoms with E-state index in [9.17, 15) is 14.7 Å². The van der Waals surface area contributed by atoms with Crippen LogP contribution in [0.1, 0.15) is 98.3 Å². The van der Waals surface area contributed by atoms with Gasteiger partial charge in [-0.15, -0.1) is 0 Å². The second-order valence-electron chi connectivity index (χ2n) is 15.6. The molecule has 0 unspecified atom stereocenters. The Kier molecular flexibility index (Phi) is 5.27. The molecule has 0 bridgehead atoms. The van der Waals surface area contributed by atoms with Crippen molar-refractivity contribution in [2.75, 3.05) is 7.11 Å². The van der Waals surface area contributed by atoms with Crippen LogP contribution in [0.4, 0.5) is 0 Å². The summed E-state index contributed by atoms with van der Waals surface area (Å²) < 4.78 is 11.2. The third-order valence-electron chi connectivity index (χ3n) is 12.8. The first-order valence-corrected chi connectivity index (χ1v) is 14.5. The molecular formula is C32H45NO5. The van der Waals surface area contributed by atoms with Gasteiger partial charge in [0.1, 0.15) is 5.76 Å². The van der Waals surface area contributed by atoms with Gasteiger partial charge in [-0.3, -0.25) is 9.59 Å². The highest BCUT2D eigenvalue weighted by Gasteiger charge is 2.72. The highest BCUT2D eigenvalue weighted by atomic mass is 16.5. The number of aliphatic hydroxyl groups excluding tert-OH is 1. The van der Waals surface area contributed by atoms with Crippen LogP contribution in [0, 0.1) is 44.8 Å². The molecule has 8 atom stereocenters. The van der Waals surface area contributed by atoms with E-state index in [1.165, 1.54) is 12.7 Å². The number of methoxy groups -OCH3 is 1. The lowest BCUT2D eigenvalue weighted by molar-refractivity contribution is -0.197. The van der Waals surface area contributed by atoms with Gasteiger partial charge in [-0.25, -0.2) is 0 Å². The molecule has 0 aromatic carbocycles. The fourth-order valence-corrected chi connectivity index (χ4v) is 11.1. The molecule has 5 aliphatic carbocycles. The smallest absolute Gasteiger partial charge is 0.312 e. The number of allylic oxidation sites excluding steroid dienone is 2. The van der Waals surface area contributed by atoms with E-state index in [-0.39, 0.29) is 45.8 Å². The molecule has 1 aromatic heterocycles. The Bertz CT molecular complexity index is 1240. The number of aliphatic hydroxyl groups is 1. The van der Waals surface area contributed by atoms with Crippen molar-refractivity contribution in [3.63, 3.8) is 0 Å². The van der Waals surface area contributed by atoms with E-state index in [0.29, 0.717) is 12.8 Å². The van der Waals surface area contributed by atoms with Gasteiger partial charge in [0.2, 0.25) is 0 Å². The van der Waals surface area contributed by atoms with Crippen LogP contribution in [0.5, 0.6) is 0 Å². The summed E-state index contributed by atoms with van der Waals surface area (Å²) in [5.41, 5.74) is 0.172. The second kappa shape index (κ2) is 7.62. The number of carbonyl (C=O) groups is 2. The van der Waals surface area contributed by atoms with Gasteiger partial charge < -0.3 is 14.4 Å². The quantitative estimate of drug-likeness (QED) is 0.467. The summed E-state index contributed by atoms with van der Waals surface area (Å²) in [6, 6.07) is 0. The number of ether oxygens (including phenoxy) is 1. The van der Waals surface area contributed by atoms with Gasteiger partial charge in [-0.05, 0) is 78.6 Å². The van der Waals surface area contributed by atoms with E-state index in [4.69, 9.17) is 9.26 Å². The van der Waals surface area contributed by atoms with Gasteiger partial charge in [0.25, 0.3) is 0 Å². The minimum absolute atomic E-state index is 0.0604. The lowest BCUT2D eigenvalue weighted by Gasteiger charge is -2.70. The number of carbonyl (C=O) groups excluding carboxylic acids is 2. The lowest BCUT2D eigenvalue weighted by Crippen LogP contribution is -2.68. The fraction of sp³-hybridized carbons (Fsp3) is 0.781. The molecule has 6 heteroatoms. The average Bonchev–Trinajstić information content (AvgIpc) is 3.28. The van der Waals surface area contributed by atoms with E-state index in [1.54, 1.807) is 0 Å². The molecule has 6 nitrogen and oxygen atoms in total. The summed E-state index contributed by atoms with van der Waals surface area (Å²) in [6.07, 6.45) is 8.64. The Morgan fingerprint density at radius 1 is 1.05 bits per heavy atom. The summed E-state index contributed by atoms with van der Waals surface area (Å²) >= 11 is 0. The average molecular weight is 524 g/mol. The Morgan fingerprint density at radius 3 is 2.42 bits per heavy atom. The van der Waals surface area contributed by atoms with Crippen molar-refractivity contribution < 1.29 is 24.0 Å². The summed E-state index contributed by atoms with van der Waals surface area (Å²) in [6.45, 7) is 15.7. The number of hydrogen-bond acceptors (Lipinski definition) is 6. The number of nitrogens with zero attached hydrogens (tertiary/aromatic N) is 1. The topological polar surface area (TPSA) is 89.6 Å². The first kappa shape index (κ1) is 26.3. The monoisotopic (exact) mass is 523 g/mol. The summed E-state index contributed by atoms with van der Waals surface area (Å²) in [7, 11) is 1.49. The lowest BCUT2D eigenvalue weighted by atomic mass is 9.33. The first-order chi connectivity index (χ1) is 17.6. The zero-order valence-electron chi connectivity index (χ0n) is 24.4. The molecule has 1 heterocycles. The number of rotatable bonds is 1. The van der Waals surface area contributed by atoms with E-state index in [1.807, 2.05) is 12.3 Å². The first-order valence-electron chi connectivity index (χ1n) is 14.5. The van der Waals surface area contributed by atoms with Gasteiger partial charge in [0.05, 0.1) is 24.8 Å². The van der Waals surface area contributed by atoms with Crippen molar-refractivity contribution in [2.45, 2.75) is 105 Å². The molecule has 3 fully saturated rings. The second-order valence-corrected chi connectivity index (χ2v) is 15.6. The number of aromatic nitrogens is 1. The molecule has 6 rings (SSSR count). The third-order valence-corrected chi connectivity index (χ3v) is 12.8. The third kappa shape index (κ3) is 2.96. The van der Waals surface area contributed by atoms with Crippen molar-refractivity contribution in [3.05, 3.63) is 29.2 Å². The highest BCUT2D eigenvalue weighted by molar-refractivity contribution is 5.96. The van der Waals surface area contributed by atoms with Crippen molar-refractivity contribution in [3.8, 4) is 0 Å². The maximum absolute atomic E-state index is 14.5. The Balaban J connectivity index is 1.53. The normalized spacial score (nSPS) is 46.4. The van der Waals surface area contributed by atoms with Crippen LogP contribution in [0.3, 0.4) is 0 Å². The molecule has 0 aliphatic heterocycles. The number of hydrogen-bond donors (Lipinski definition) is 1. The van der Waals surface area contributed by atoms with Crippen LogP contribution >= 0.6 is 0 Å². The Morgan fingerprint density at radius 2 is 1.74 bits per heavy atom. The van der Waals surface area contributed by atoms with E-state index in [0.717, 1.165) is 43.4 Å². The molecule has 208 valence electrons. The van der Waals surface area contributed by atoms with E-state index >= 15 is 0 Å². The molecular weight excluding hydrogens is 478 g/mol. The Hall–Kier alpha value is -1.95. The SMILES string of the molecule is COC(=O)[C@]12CCC(C)(C)C[C@H]1[C@H]1C(=O)C=C3[C@@]4(C)Cc5cnoc5C(C)(C)[C@@H]4[C@H](O)C[C@@]3(C)[C@]1(C)CC2. The molecule has 0 radical (unpaired) electrons. The molecule has 1 N–H and O–H groups in total. The molecule has 0 saturated heterocycles. The molecule has 5 aliphatic rings. The largest absolute Gasteiger partial charge is 0.469 e. The maximum atomic E-state index is 14.5. The van der Waals surface area contributed by atoms with E-state index in [2.05, 4.69) is 53.6 Å². The Labute approximate surface area is 226 Å².